The topological polar surface area (TPSA) is 102 Å². The van der Waals surface area contributed by atoms with Crippen LogP contribution >= 0.6 is 0 Å². The summed E-state index contributed by atoms with van der Waals surface area (Å²) in [5.74, 6) is -2.87. The summed E-state index contributed by atoms with van der Waals surface area (Å²) in [5.41, 5.74) is 1.17. The lowest BCUT2D eigenvalue weighted by Crippen LogP contribution is -2.10. The number of benzene rings is 3. The molecule has 0 spiro atoms. The van der Waals surface area contributed by atoms with Crippen LogP contribution in [0.3, 0.4) is 0 Å². The van der Waals surface area contributed by atoms with Crippen molar-refractivity contribution in [2.24, 2.45) is 0 Å². The van der Waals surface area contributed by atoms with Crippen molar-refractivity contribution in [3.05, 3.63) is 87.0 Å². The van der Waals surface area contributed by atoms with Crippen LogP contribution in [0.25, 0.3) is 0 Å². The fourth-order valence-corrected chi connectivity index (χ4v) is 3.09. The molecule has 0 unspecified atom stereocenters. The van der Waals surface area contributed by atoms with E-state index in [1.54, 1.807) is 18.2 Å². The van der Waals surface area contributed by atoms with Crippen molar-refractivity contribution in [1.29, 1.82) is 0 Å². The second-order valence-corrected chi connectivity index (χ2v) is 6.41. The second kappa shape index (κ2) is 6.86. The Morgan fingerprint density at radius 3 is 2.45 bits per heavy atom. The number of rotatable bonds is 4. The minimum Gasteiger partial charge on any atom is -0.478 e. The Morgan fingerprint density at radius 1 is 1.03 bits per heavy atom. The lowest BCUT2D eigenvalue weighted by molar-refractivity contribution is -0.384. The van der Waals surface area contributed by atoms with Gasteiger partial charge in [0.05, 0.1) is 27.9 Å². The minimum atomic E-state index is -1.33. The first-order chi connectivity index (χ1) is 13.8. The largest absolute Gasteiger partial charge is 0.478 e. The molecule has 0 fully saturated rings. The van der Waals surface area contributed by atoms with Gasteiger partial charge in [-0.15, -0.1) is 0 Å². The van der Waals surface area contributed by atoms with Gasteiger partial charge in [0.2, 0.25) is 0 Å². The number of non-ortho nitro benzene ring substituents is 1. The van der Waals surface area contributed by atoms with Crippen LogP contribution in [0.4, 0.5) is 25.8 Å². The summed E-state index contributed by atoms with van der Waals surface area (Å²) in [7, 11) is 0. The monoisotopic (exact) mass is 398 g/mol. The van der Waals surface area contributed by atoms with E-state index in [1.165, 1.54) is 6.07 Å². The van der Waals surface area contributed by atoms with Crippen molar-refractivity contribution in [3.8, 4) is 11.5 Å². The number of halogens is 2. The van der Waals surface area contributed by atoms with Gasteiger partial charge < -0.3 is 15.2 Å². The summed E-state index contributed by atoms with van der Waals surface area (Å²) in [6, 6.07) is 10.7. The van der Waals surface area contributed by atoms with Crippen LogP contribution in [0.2, 0.25) is 0 Å². The predicted octanol–water partition coefficient (Wildman–Crippen LogP) is 5.01. The van der Waals surface area contributed by atoms with Crippen molar-refractivity contribution in [2.45, 2.75) is 6.42 Å². The molecule has 7 nitrogen and oxygen atoms in total. The number of nitrogens with zero attached hydrogens (tertiary/aromatic N) is 1. The minimum absolute atomic E-state index is 0.00840. The van der Waals surface area contributed by atoms with Gasteiger partial charge in [0.15, 0.2) is 23.1 Å². The number of aromatic carboxylic acids is 1. The van der Waals surface area contributed by atoms with E-state index in [1.807, 2.05) is 0 Å². The van der Waals surface area contributed by atoms with Crippen molar-refractivity contribution in [2.75, 3.05) is 5.32 Å². The second-order valence-electron chi connectivity index (χ2n) is 6.41. The molecular weight excluding hydrogens is 386 g/mol. The zero-order valence-electron chi connectivity index (χ0n) is 14.6. The molecule has 0 saturated heterocycles. The zero-order chi connectivity index (χ0) is 20.7. The van der Waals surface area contributed by atoms with E-state index >= 15 is 0 Å². The number of nitrogens with one attached hydrogen (secondary N) is 1. The van der Waals surface area contributed by atoms with Crippen LogP contribution < -0.4 is 10.1 Å². The van der Waals surface area contributed by atoms with Crippen LogP contribution in [0.15, 0.2) is 48.5 Å². The molecule has 0 aliphatic carbocycles. The molecular formula is C20H12F2N2O5. The Kier molecular flexibility index (Phi) is 4.34. The van der Waals surface area contributed by atoms with Crippen LogP contribution in [0.5, 0.6) is 11.5 Å². The quantitative estimate of drug-likeness (QED) is 0.370. The molecule has 0 amide bonds. The highest BCUT2D eigenvalue weighted by Crippen LogP contribution is 2.45. The van der Waals surface area contributed by atoms with Gasteiger partial charge in [-0.3, -0.25) is 10.1 Å². The third kappa shape index (κ3) is 3.45. The molecule has 0 bridgehead atoms. The number of carboxylic acids is 1. The first kappa shape index (κ1) is 18.4. The Morgan fingerprint density at radius 2 is 1.76 bits per heavy atom. The highest BCUT2D eigenvalue weighted by atomic mass is 19.2. The molecule has 0 saturated carbocycles. The van der Waals surface area contributed by atoms with Gasteiger partial charge in [-0.05, 0) is 41.8 Å². The maximum atomic E-state index is 13.4. The number of anilines is 2. The highest BCUT2D eigenvalue weighted by molar-refractivity contribution is 5.99. The summed E-state index contributed by atoms with van der Waals surface area (Å²) in [6.45, 7) is 0. The molecule has 0 atom stereocenters. The molecule has 2 N–H and O–H groups in total. The molecule has 4 rings (SSSR count). The molecule has 1 aliphatic rings. The van der Waals surface area contributed by atoms with Gasteiger partial charge in [0.25, 0.3) is 5.69 Å². The van der Waals surface area contributed by atoms with Gasteiger partial charge >= 0.3 is 5.97 Å². The highest BCUT2D eigenvalue weighted by Gasteiger charge is 2.26. The van der Waals surface area contributed by atoms with Gasteiger partial charge in [0.1, 0.15) is 0 Å². The number of hydrogen-bond acceptors (Lipinski definition) is 5. The van der Waals surface area contributed by atoms with Crippen molar-refractivity contribution in [1.82, 2.24) is 0 Å². The van der Waals surface area contributed by atoms with Crippen LogP contribution in [-0.2, 0) is 6.42 Å². The molecule has 3 aromatic rings. The summed E-state index contributed by atoms with van der Waals surface area (Å²) in [6.07, 6.45) is 0.302. The Bertz CT molecular complexity index is 1180. The van der Waals surface area contributed by atoms with E-state index in [-0.39, 0.29) is 17.0 Å². The van der Waals surface area contributed by atoms with E-state index in [0.29, 0.717) is 23.4 Å². The van der Waals surface area contributed by atoms with Crippen molar-refractivity contribution >= 4 is 23.0 Å². The summed E-state index contributed by atoms with van der Waals surface area (Å²) in [5, 5.41) is 23.4. The zero-order valence-corrected chi connectivity index (χ0v) is 14.6. The maximum absolute atomic E-state index is 13.4. The summed E-state index contributed by atoms with van der Waals surface area (Å²) < 4.78 is 32.2. The van der Waals surface area contributed by atoms with E-state index in [9.17, 15) is 28.8 Å². The third-order valence-corrected chi connectivity index (χ3v) is 4.45. The average molecular weight is 398 g/mol. The molecule has 1 heterocycles. The smallest absolute Gasteiger partial charge is 0.338 e. The fourth-order valence-electron chi connectivity index (χ4n) is 3.09. The van der Waals surface area contributed by atoms with E-state index in [0.717, 1.165) is 29.8 Å². The third-order valence-electron chi connectivity index (χ3n) is 4.45. The number of fused-ring (bicyclic) bond motifs is 2. The standard InChI is InChI=1S/C20H12F2N2O5/c21-14-3-1-10(6-15(14)22)5-11-2-4-16-17(7-11)29-18-9-12(24(27)28)8-13(20(25)26)19(18)23-16/h1-4,6-9,23H,5H2,(H,25,26). The Hall–Kier alpha value is -4.01. The van der Waals surface area contributed by atoms with Crippen LogP contribution in [-0.4, -0.2) is 16.0 Å². The predicted molar refractivity (Wildman–Crippen MR) is 99.0 cm³/mol. The number of hydrogen-bond donors (Lipinski definition) is 2. The van der Waals surface area contributed by atoms with Crippen LogP contribution in [0, 0.1) is 21.7 Å². The summed E-state index contributed by atoms with van der Waals surface area (Å²) >= 11 is 0. The molecule has 9 heteroatoms. The van der Waals surface area contributed by atoms with Gasteiger partial charge in [-0.2, -0.15) is 0 Å². The van der Waals surface area contributed by atoms with E-state index < -0.39 is 28.2 Å². The van der Waals surface area contributed by atoms with E-state index in [4.69, 9.17) is 4.74 Å². The van der Waals surface area contributed by atoms with Gasteiger partial charge in [-0.1, -0.05) is 12.1 Å². The fraction of sp³-hybridized carbons (Fsp3) is 0.0500. The van der Waals surface area contributed by atoms with E-state index in [2.05, 4.69) is 5.32 Å². The first-order valence-corrected chi connectivity index (χ1v) is 8.39. The normalized spacial score (nSPS) is 11.7. The molecule has 1 aliphatic heterocycles. The first-order valence-electron chi connectivity index (χ1n) is 8.39. The number of ether oxygens (including phenoxy) is 1. The lowest BCUT2D eigenvalue weighted by atomic mass is 10.0. The van der Waals surface area contributed by atoms with Gasteiger partial charge in [0, 0.05) is 6.07 Å². The Labute approximate surface area is 162 Å². The average Bonchev–Trinajstić information content (AvgIpc) is 2.68. The van der Waals surface area contributed by atoms with Crippen molar-refractivity contribution in [3.63, 3.8) is 0 Å². The lowest BCUT2D eigenvalue weighted by Gasteiger charge is -2.23. The van der Waals surface area contributed by atoms with Crippen LogP contribution in [0.1, 0.15) is 21.5 Å². The number of nitro groups is 1. The number of nitro benzene ring substituents is 1. The number of carboxylic acid groups (broad SMARTS) is 1. The SMILES string of the molecule is O=C(O)c1cc([N+](=O)[O-])cc2c1Nc1ccc(Cc3ccc(F)c(F)c3)cc1O2. The molecule has 0 aromatic heterocycles. The molecule has 3 aromatic carbocycles. The molecule has 0 radical (unpaired) electrons. The number of carbonyl (C=O) groups is 1. The van der Waals surface area contributed by atoms with Gasteiger partial charge in [-0.25, -0.2) is 13.6 Å². The molecule has 29 heavy (non-hydrogen) atoms. The summed E-state index contributed by atoms with van der Waals surface area (Å²) in [4.78, 5) is 21.9. The Balaban J connectivity index is 1.68. The molecule has 146 valence electrons. The van der Waals surface area contributed by atoms with Crippen molar-refractivity contribution < 1.29 is 28.3 Å². The maximum Gasteiger partial charge on any atom is 0.338 e.